The van der Waals surface area contributed by atoms with Crippen molar-refractivity contribution in [3.63, 3.8) is 0 Å². The van der Waals surface area contributed by atoms with E-state index in [2.05, 4.69) is 4.98 Å². The van der Waals surface area contributed by atoms with Gasteiger partial charge in [0.1, 0.15) is 5.69 Å². The maximum absolute atomic E-state index is 12.7. The Labute approximate surface area is 81.1 Å². The van der Waals surface area contributed by atoms with E-state index < -0.39 is 3.93 Å². The van der Waals surface area contributed by atoms with Gasteiger partial charge in [0.15, 0.2) is 6.29 Å². The maximum Gasteiger partial charge on any atom is 0.323 e. The van der Waals surface area contributed by atoms with E-state index in [4.69, 9.17) is 0 Å². The summed E-state index contributed by atoms with van der Waals surface area (Å²) >= 11 is 0.959. The van der Waals surface area contributed by atoms with Crippen LogP contribution in [-0.2, 0) is 3.93 Å². The summed E-state index contributed by atoms with van der Waals surface area (Å²) in [4.78, 5) is 13.8. The molecule has 0 bridgehead atoms. The van der Waals surface area contributed by atoms with Gasteiger partial charge in [-0.3, -0.25) is 9.78 Å². The molecule has 1 heterocycles. The zero-order valence-electron chi connectivity index (χ0n) is 5.80. The Hall–Kier alpha value is -0.590. The minimum atomic E-state index is -3.04. The molecule has 0 spiro atoms. The van der Waals surface area contributed by atoms with Gasteiger partial charge in [-0.2, -0.15) is 8.78 Å². The van der Waals surface area contributed by atoms with E-state index in [9.17, 15) is 13.6 Å². The van der Waals surface area contributed by atoms with Gasteiger partial charge in [0.2, 0.25) is 0 Å². The van der Waals surface area contributed by atoms with Crippen LogP contribution in [0.1, 0.15) is 16.1 Å². The van der Waals surface area contributed by atoms with E-state index in [1.54, 1.807) is 0 Å². The van der Waals surface area contributed by atoms with Crippen LogP contribution >= 0.6 is 22.6 Å². The second-order valence-electron chi connectivity index (χ2n) is 2.05. The van der Waals surface area contributed by atoms with Gasteiger partial charge >= 0.3 is 3.93 Å². The number of carbonyl (C=O) groups excluding carboxylic acids is 1. The lowest BCUT2D eigenvalue weighted by molar-refractivity contribution is 0.108. The number of rotatable bonds is 2. The third-order valence-corrected chi connectivity index (χ3v) is 1.84. The van der Waals surface area contributed by atoms with Gasteiger partial charge in [0.05, 0.1) is 5.56 Å². The number of aldehydes is 1. The van der Waals surface area contributed by atoms with E-state index in [-0.39, 0.29) is 11.3 Å². The number of hydrogen-bond donors (Lipinski definition) is 0. The molecule has 0 saturated heterocycles. The molecule has 0 unspecified atom stereocenters. The van der Waals surface area contributed by atoms with Crippen LogP contribution in [0.25, 0.3) is 0 Å². The van der Waals surface area contributed by atoms with Gasteiger partial charge in [-0.1, -0.05) is 0 Å². The fourth-order valence-electron chi connectivity index (χ4n) is 0.751. The summed E-state index contributed by atoms with van der Waals surface area (Å²) in [6, 6.07) is 2.55. The predicted molar refractivity (Wildman–Crippen MR) is 47.5 cm³/mol. The van der Waals surface area contributed by atoms with Crippen LogP contribution in [0.2, 0.25) is 0 Å². The normalized spacial score (nSPS) is 11.2. The summed E-state index contributed by atoms with van der Waals surface area (Å²) in [5, 5.41) is 0. The monoisotopic (exact) mass is 283 g/mol. The quantitative estimate of drug-likeness (QED) is 0.474. The van der Waals surface area contributed by atoms with Crippen LogP contribution in [0, 0.1) is 0 Å². The van der Waals surface area contributed by atoms with Crippen molar-refractivity contribution in [3.05, 3.63) is 29.6 Å². The Morgan fingerprint density at radius 3 is 2.67 bits per heavy atom. The first-order chi connectivity index (χ1) is 5.55. The molecule has 0 saturated carbocycles. The summed E-state index contributed by atoms with van der Waals surface area (Å²) in [6.07, 6.45) is 1.62. The number of hydrogen-bond acceptors (Lipinski definition) is 2. The molecule has 1 rings (SSSR count). The third kappa shape index (κ3) is 1.96. The van der Waals surface area contributed by atoms with Crippen molar-refractivity contribution in [1.29, 1.82) is 0 Å². The molecule has 1 aromatic rings. The van der Waals surface area contributed by atoms with Crippen LogP contribution in [0.4, 0.5) is 8.78 Å². The van der Waals surface area contributed by atoms with Crippen molar-refractivity contribution in [2.24, 2.45) is 0 Å². The molecule has 5 heteroatoms. The predicted octanol–water partition coefficient (Wildman–Crippen LogP) is 2.38. The molecule has 0 fully saturated rings. The average Bonchev–Trinajstić information content (AvgIpc) is 2.03. The van der Waals surface area contributed by atoms with Crippen molar-refractivity contribution in [3.8, 4) is 0 Å². The first-order valence-electron chi connectivity index (χ1n) is 3.03. The van der Waals surface area contributed by atoms with E-state index in [1.165, 1.54) is 18.3 Å². The SMILES string of the molecule is O=Cc1ncccc1C(F)(F)I. The Morgan fingerprint density at radius 1 is 1.58 bits per heavy atom. The number of aromatic nitrogens is 1. The fraction of sp³-hybridized carbons (Fsp3) is 0.143. The molecule has 0 aliphatic carbocycles. The van der Waals surface area contributed by atoms with Crippen molar-refractivity contribution in [2.45, 2.75) is 3.93 Å². The topological polar surface area (TPSA) is 30.0 Å². The highest BCUT2D eigenvalue weighted by Crippen LogP contribution is 2.35. The molecular formula is C7H4F2INO. The van der Waals surface area contributed by atoms with Crippen molar-refractivity contribution >= 4 is 28.9 Å². The van der Waals surface area contributed by atoms with Gasteiger partial charge in [-0.15, -0.1) is 0 Å². The molecular weight excluding hydrogens is 279 g/mol. The smallest absolute Gasteiger partial charge is 0.296 e. The number of pyridine rings is 1. The first kappa shape index (κ1) is 9.50. The van der Waals surface area contributed by atoms with E-state index >= 15 is 0 Å². The number of alkyl halides is 3. The molecule has 64 valence electrons. The summed E-state index contributed by atoms with van der Waals surface area (Å²) in [5.41, 5.74) is -0.558. The number of carbonyl (C=O) groups is 1. The van der Waals surface area contributed by atoms with Crippen molar-refractivity contribution in [2.75, 3.05) is 0 Å². The zero-order chi connectivity index (χ0) is 9.19. The summed E-state index contributed by atoms with van der Waals surface area (Å²) in [7, 11) is 0. The highest BCUT2D eigenvalue weighted by Gasteiger charge is 2.29. The fourth-order valence-corrected chi connectivity index (χ4v) is 1.21. The molecule has 0 aliphatic heterocycles. The van der Waals surface area contributed by atoms with Crippen LogP contribution in [-0.4, -0.2) is 11.3 Å². The van der Waals surface area contributed by atoms with Crippen molar-refractivity contribution < 1.29 is 13.6 Å². The molecule has 2 nitrogen and oxygen atoms in total. The van der Waals surface area contributed by atoms with E-state index in [1.807, 2.05) is 0 Å². The van der Waals surface area contributed by atoms with Crippen LogP contribution in [0.3, 0.4) is 0 Å². The van der Waals surface area contributed by atoms with Crippen LogP contribution in [0.15, 0.2) is 18.3 Å². The Morgan fingerprint density at radius 2 is 2.25 bits per heavy atom. The molecule has 1 aromatic heterocycles. The second-order valence-corrected chi connectivity index (χ2v) is 3.41. The van der Waals surface area contributed by atoms with Gasteiger partial charge in [-0.05, 0) is 12.1 Å². The van der Waals surface area contributed by atoms with Crippen LogP contribution in [0.5, 0.6) is 0 Å². The van der Waals surface area contributed by atoms with Crippen LogP contribution < -0.4 is 0 Å². The third-order valence-electron chi connectivity index (χ3n) is 1.26. The largest absolute Gasteiger partial charge is 0.323 e. The number of halogens is 3. The van der Waals surface area contributed by atoms with E-state index in [0.717, 1.165) is 22.6 Å². The van der Waals surface area contributed by atoms with Gasteiger partial charge in [0, 0.05) is 28.8 Å². The molecule has 0 aliphatic rings. The molecule has 0 N–H and O–H groups in total. The Bertz CT molecular complexity index is 298. The summed E-state index contributed by atoms with van der Waals surface area (Å²) in [6.45, 7) is 0. The second kappa shape index (κ2) is 3.42. The minimum Gasteiger partial charge on any atom is -0.296 e. The lowest BCUT2D eigenvalue weighted by Gasteiger charge is -2.08. The Balaban J connectivity index is 3.23. The Kier molecular flexibility index (Phi) is 2.71. The van der Waals surface area contributed by atoms with Gasteiger partial charge in [0.25, 0.3) is 0 Å². The summed E-state index contributed by atoms with van der Waals surface area (Å²) in [5.74, 6) is 0. The standard InChI is InChI=1S/C7H4F2INO/c8-7(9,10)5-2-1-3-11-6(5)4-12/h1-4H. The molecule has 0 aromatic carbocycles. The van der Waals surface area contributed by atoms with Gasteiger partial charge in [-0.25, -0.2) is 0 Å². The lowest BCUT2D eigenvalue weighted by Crippen LogP contribution is -2.07. The lowest BCUT2D eigenvalue weighted by atomic mass is 10.2. The number of nitrogens with zero attached hydrogens (tertiary/aromatic N) is 1. The zero-order valence-corrected chi connectivity index (χ0v) is 7.96. The molecule has 0 atom stereocenters. The van der Waals surface area contributed by atoms with Crippen molar-refractivity contribution in [1.82, 2.24) is 4.98 Å². The average molecular weight is 283 g/mol. The highest BCUT2D eigenvalue weighted by molar-refractivity contribution is 14.1. The van der Waals surface area contributed by atoms with Gasteiger partial charge < -0.3 is 0 Å². The molecule has 12 heavy (non-hydrogen) atoms. The molecule has 0 amide bonds. The maximum atomic E-state index is 12.7. The highest BCUT2D eigenvalue weighted by atomic mass is 127. The first-order valence-corrected chi connectivity index (χ1v) is 4.11. The summed E-state index contributed by atoms with van der Waals surface area (Å²) < 4.78 is 22.3. The van der Waals surface area contributed by atoms with E-state index in [0.29, 0.717) is 6.29 Å². The molecule has 0 radical (unpaired) electrons. The minimum absolute atomic E-state index is 0.211.